The molecule has 0 amide bonds. The molecule has 2 aromatic rings. The maximum atomic E-state index is 12.5. The summed E-state index contributed by atoms with van der Waals surface area (Å²) in [6.07, 6.45) is 1.90. The number of carbonyl (C=O) groups excluding carboxylic acids is 1. The highest BCUT2D eigenvalue weighted by Gasteiger charge is 2.18. The van der Waals surface area contributed by atoms with E-state index >= 15 is 0 Å². The van der Waals surface area contributed by atoms with Gasteiger partial charge in [-0.2, -0.15) is 0 Å². The predicted octanol–water partition coefficient (Wildman–Crippen LogP) is 3.23. The molecule has 0 unspecified atom stereocenters. The molecule has 0 aliphatic rings. The first kappa shape index (κ1) is 17.0. The summed E-state index contributed by atoms with van der Waals surface area (Å²) in [5, 5.41) is 0. The van der Waals surface area contributed by atoms with E-state index in [1.165, 1.54) is 19.2 Å². The van der Waals surface area contributed by atoms with Gasteiger partial charge in [-0.25, -0.2) is 13.2 Å². The van der Waals surface area contributed by atoms with Crippen LogP contribution in [-0.4, -0.2) is 21.5 Å². The van der Waals surface area contributed by atoms with Gasteiger partial charge in [0, 0.05) is 0 Å². The van der Waals surface area contributed by atoms with Crippen LogP contribution in [0.5, 0.6) is 0 Å². The number of methoxy groups -OCH3 is 1. The predicted molar refractivity (Wildman–Crippen MR) is 89.0 cm³/mol. The number of aryl methyl sites for hydroxylation is 1. The van der Waals surface area contributed by atoms with E-state index in [0.29, 0.717) is 0 Å². The molecule has 0 aliphatic heterocycles. The summed E-state index contributed by atoms with van der Waals surface area (Å²) in [5.74, 6) is -0.596. The summed E-state index contributed by atoms with van der Waals surface area (Å²) in [6.45, 7) is 2.07. The van der Waals surface area contributed by atoms with Gasteiger partial charge in [-0.1, -0.05) is 37.6 Å². The van der Waals surface area contributed by atoms with Crippen LogP contribution in [0.25, 0.3) is 0 Å². The molecule has 0 radical (unpaired) electrons. The fourth-order valence-corrected chi connectivity index (χ4v) is 3.27. The topological polar surface area (TPSA) is 72.5 Å². The molecule has 2 aromatic carbocycles. The lowest BCUT2D eigenvalue weighted by Gasteiger charge is -2.11. The molecule has 0 bridgehead atoms. The number of para-hydroxylation sites is 1. The van der Waals surface area contributed by atoms with E-state index in [1.54, 1.807) is 36.4 Å². The van der Waals surface area contributed by atoms with Crippen LogP contribution in [0.2, 0.25) is 0 Å². The van der Waals surface area contributed by atoms with Crippen LogP contribution in [0, 0.1) is 0 Å². The number of carbonyl (C=O) groups is 1. The maximum Gasteiger partial charge on any atom is 0.339 e. The molecule has 5 nitrogen and oxygen atoms in total. The number of sulfonamides is 1. The van der Waals surface area contributed by atoms with Gasteiger partial charge in [0.15, 0.2) is 0 Å². The molecule has 6 heteroatoms. The average Bonchev–Trinajstić information content (AvgIpc) is 2.55. The van der Waals surface area contributed by atoms with Crippen molar-refractivity contribution >= 4 is 21.7 Å². The minimum Gasteiger partial charge on any atom is -0.465 e. The standard InChI is InChI=1S/C17H19NO4S/c1-3-6-13-9-11-14(12-10-13)23(20,21)18-16-8-5-4-7-15(16)17(19)22-2/h4-5,7-12,18H,3,6H2,1-2H3. The lowest BCUT2D eigenvalue weighted by molar-refractivity contribution is 0.0602. The number of rotatable bonds is 6. The zero-order chi connectivity index (χ0) is 16.9. The number of ether oxygens (including phenoxy) is 1. The zero-order valence-electron chi connectivity index (χ0n) is 13.1. The zero-order valence-corrected chi connectivity index (χ0v) is 13.9. The van der Waals surface area contributed by atoms with Gasteiger partial charge in [0.05, 0.1) is 23.3 Å². The molecule has 0 heterocycles. The maximum absolute atomic E-state index is 12.5. The Hall–Kier alpha value is -2.34. The lowest BCUT2D eigenvalue weighted by atomic mass is 10.1. The van der Waals surface area contributed by atoms with Crippen molar-refractivity contribution < 1.29 is 17.9 Å². The van der Waals surface area contributed by atoms with E-state index in [-0.39, 0.29) is 16.1 Å². The number of hydrogen-bond acceptors (Lipinski definition) is 4. The van der Waals surface area contributed by atoms with Gasteiger partial charge >= 0.3 is 5.97 Å². The lowest BCUT2D eigenvalue weighted by Crippen LogP contribution is -2.16. The molecule has 0 fully saturated rings. The second-order valence-electron chi connectivity index (χ2n) is 5.04. The number of esters is 1. The van der Waals surface area contributed by atoms with Crippen molar-refractivity contribution in [2.24, 2.45) is 0 Å². The van der Waals surface area contributed by atoms with Crippen LogP contribution in [0.1, 0.15) is 29.3 Å². The van der Waals surface area contributed by atoms with Crippen LogP contribution in [0.15, 0.2) is 53.4 Å². The van der Waals surface area contributed by atoms with Gasteiger partial charge in [0.25, 0.3) is 10.0 Å². The van der Waals surface area contributed by atoms with E-state index in [1.807, 2.05) is 0 Å². The molecule has 0 aromatic heterocycles. The number of hydrogen-bond donors (Lipinski definition) is 1. The van der Waals surface area contributed by atoms with Crippen molar-refractivity contribution in [2.75, 3.05) is 11.8 Å². The van der Waals surface area contributed by atoms with Gasteiger partial charge < -0.3 is 4.74 Å². The first-order chi connectivity index (χ1) is 11.0. The fraction of sp³-hybridized carbons (Fsp3) is 0.235. The van der Waals surface area contributed by atoms with E-state index in [9.17, 15) is 13.2 Å². The first-order valence-corrected chi connectivity index (χ1v) is 8.75. The molecule has 2 rings (SSSR count). The van der Waals surface area contributed by atoms with Gasteiger partial charge in [0.2, 0.25) is 0 Å². The van der Waals surface area contributed by atoms with Gasteiger partial charge in [-0.15, -0.1) is 0 Å². The summed E-state index contributed by atoms with van der Waals surface area (Å²) in [5.41, 5.74) is 1.44. The number of anilines is 1. The van der Waals surface area contributed by atoms with E-state index in [0.717, 1.165) is 18.4 Å². The molecule has 0 spiro atoms. The highest BCUT2D eigenvalue weighted by molar-refractivity contribution is 7.92. The van der Waals surface area contributed by atoms with E-state index in [2.05, 4.69) is 16.4 Å². The second kappa shape index (κ2) is 7.28. The third-order valence-corrected chi connectivity index (χ3v) is 4.73. The fourth-order valence-electron chi connectivity index (χ4n) is 2.19. The Morgan fingerprint density at radius 3 is 2.35 bits per heavy atom. The quantitative estimate of drug-likeness (QED) is 0.824. The summed E-state index contributed by atoms with van der Waals surface area (Å²) >= 11 is 0. The summed E-state index contributed by atoms with van der Waals surface area (Å²) < 4.78 is 32.0. The molecule has 23 heavy (non-hydrogen) atoms. The highest BCUT2D eigenvalue weighted by Crippen LogP contribution is 2.21. The SMILES string of the molecule is CCCc1ccc(S(=O)(=O)Nc2ccccc2C(=O)OC)cc1. The van der Waals surface area contributed by atoms with Gasteiger partial charge in [0.1, 0.15) is 0 Å². The third kappa shape index (κ3) is 4.10. The Morgan fingerprint density at radius 2 is 1.74 bits per heavy atom. The Bertz CT molecular complexity index is 782. The molecular weight excluding hydrogens is 314 g/mol. The molecular formula is C17H19NO4S. The Balaban J connectivity index is 2.30. The van der Waals surface area contributed by atoms with Crippen molar-refractivity contribution in [2.45, 2.75) is 24.7 Å². The number of nitrogens with one attached hydrogen (secondary N) is 1. The average molecular weight is 333 g/mol. The summed E-state index contributed by atoms with van der Waals surface area (Å²) in [6, 6.07) is 13.0. The largest absolute Gasteiger partial charge is 0.465 e. The van der Waals surface area contributed by atoms with Crippen LogP contribution >= 0.6 is 0 Å². The minimum atomic E-state index is -3.77. The van der Waals surface area contributed by atoms with E-state index < -0.39 is 16.0 Å². The van der Waals surface area contributed by atoms with Crippen LogP contribution in [-0.2, 0) is 21.2 Å². The summed E-state index contributed by atoms with van der Waals surface area (Å²) in [4.78, 5) is 11.9. The van der Waals surface area contributed by atoms with Crippen LogP contribution in [0.3, 0.4) is 0 Å². The Morgan fingerprint density at radius 1 is 1.09 bits per heavy atom. The van der Waals surface area contributed by atoms with Crippen molar-refractivity contribution in [3.63, 3.8) is 0 Å². The molecule has 0 atom stereocenters. The van der Waals surface area contributed by atoms with Gasteiger partial charge in [-0.05, 0) is 36.2 Å². The van der Waals surface area contributed by atoms with Gasteiger partial charge in [-0.3, -0.25) is 4.72 Å². The van der Waals surface area contributed by atoms with Crippen molar-refractivity contribution in [1.82, 2.24) is 0 Å². The van der Waals surface area contributed by atoms with Crippen molar-refractivity contribution in [3.05, 3.63) is 59.7 Å². The third-order valence-electron chi connectivity index (χ3n) is 3.35. The van der Waals surface area contributed by atoms with Crippen molar-refractivity contribution in [3.8, 4) is 0 Å². The Kier molecular flexibility index (Phi) is 5.39. The molecule has 122 valence electrons. The molecule has 0 saturated carbocycles. The highest BCUT2D eigenvalue weighted by atomic mass is 32.2. The molecule has 0 aliphatic carbocycles. The minimum absolute atomic E-state index is 0.150. The molecule has 0 saturated heterocycles. The first-order valence-electron chi connectivity index (χ1n) is 7.27. The number of benzene rings is 2. The van der Waals surface area contributed by atoms with Crippen molar-refractivity contribution in [1.29, 1.82) is 0 Å². The van der Waals surface area contributed by atoms with Crippen LogP contribution in [0.4, 0.5) is 5.69 Å². The smallest absolute Gasteiger partial charge is 0.339 e. The summed E-state index contributed by atoms with van der Waals surface area (Å²) in [7, 11) is -2.52. The molecule has 1 N–H and O–H groups in total. The monoisotopic (exact) mass is 333 g/mol. The second-order valence-corrected chi connectivity index (χ2v) is 6.72. The normalized spacial score (nSPS) is 11.0. The van der Waals surface area contributed by atoms with Crippen LogP contribution < -0.4 is 4.72 Å². The van der Waals surface area contributed by atoms with E-state index in [4.69, 9.17) is 0 Å². The Labute approximate surface area is 136 Å².